The van der Waals surface area contributed by atoms with Crippen molar-refractivity contribution < 1.29 is 29.0 Å². The maximum absolute atomic E-state index is 10.9. The number of halogens is 1. The van der Waals surface area contributed by atoms with E-state index in [2.05, 4.69) is 315 Å². The van der Waals surface area contributed by atoms with Crippen LogP contribution in [0.25, 0.3) is 39.8 Å². The van der Waals surface area contributed by atoms with Gasteiger partial charge in [0.1, 0.15) is 38.4 Å². The number of phenolic OH excluding ortho intramolecular Hbond substituents is 3. The largest absolute Gasteiger partial charge is 0.507 e. The molecule has 0 aliphatic carbocycles. The maximum Gasteiger partial charge on any atom is 0.210 e. The SMILES string of the molecule is C=CC(CCl)C1(C)C(/C=C/c2ccc(N(CC)CC)cc2O)=[N+](C)c2ccccc21.CCN(CC)c1ccc(/C=C/C2=[N+](C)c3ccc4ccccc4c3C2(C)CC=C(C)C)c(O)c1.CCN(CC)c1ccc(/C=C/C2=[N+](C)c3ccc4ccccc4c3C2(C)Cc2ccccc2C)c(O)c1. The second kappa shape index (κ2) is 31.9. The molecule has 101 heavy (non-hydrogen) atoms. The molecule has 0 spiro atoms. The van der Waals surface area contributed by atoms with Crippen LogP contribution in [0.15, 0.2) is 218 Å². The summed E-state index contributed by atoms with van der Waals surface area (Å²) < 4.78 is 6.87. The molecule has 4 atom stereocenters. The van der Waals surface area contributed by atoms with E-state index in [-0.39, 0.29) is 27.9 Å². The molecule has 3 aliphatic heterocycles. The highest BCUT2D eigenvalue weighted by Crippen LogP contribution is 2.50. The topological polar surface area (TPSA) is 79.4 Å². The summed E-state index contributed by atoms with van der Waals surface area (Å²) in [4.78, 5) is 6.70. The molecule has 3 aliphatic rings. The first-order valence-corrected chi connectivity index (χ1v) is 36.7. The monoisotopic (exact) mass is 1370 g/mol. The fourth-order valence-corrected chi connectivity index (χ4v) is 16.3. The summed E-state index contributed by atoms with van der Waals surface area (Å²) in [5, 5.41) is 37.5. The number of anilines is 3. The van der Waals surface area contributed by atoms with E-state index in [0.29, 0.717) is 17.4 Å². The van der Waals surface area contributed by atoms with Crippen molar-refractivity contribution in [3.8, 4) is 17.2 Å². The minimum absolute atomic E-state index is 0.0866. The average Bonchev–Trinajstić information content (AvgIpc) is 1.59. The average molecular weight is 1370 g/mol. The first-order chi connectivity index (χ1) is 48.6. The number of rotatable bonds is 22. The second-order valence-electron chi connectivity index (χ2n) is 27.9. The molecule has 0 bridgehead atoms. The Morgan fingerprint density at radius 3 is 1.30 bits per heavy atom. The number of aromatic hydroxyl groups is 3. The molecule has 9 nitrogen and oxygen atoms in total. The van der Waals surface area contributed by atoms with Crippen LogP contribution in [-0.4, -0.2) is 112 Å². The Morgan fingerprint density at radius 2 is 0.871 bits per heavy atom. The summed E-state index contributed by atoms with van der Waals surface area (Å²) in [5.74, 6) is 1.49. The van der Waals surface area contributed by atoms with Gasteiger partial charge >= 0.3 is 0 Å². The van der Waals surface area contributed by atoms with Crippen LogP contribution in [0, 0.1) is 12.8 Å². The normalized spacial score (nSPS) is 17.9. The summed E-state index contributed by atoms with van der Waals surface area (Å²) in [6.07, 6.45) is 18.7. The van der Waals surface area contributed by atoms with Crippen LogP contribution in [0.1, 0.15) is 127 Å². The lowest BCUT2D eigenvalue weighted by Gasteiger charge is -2.29. The highest BCUT2D eigenvalue weighted by atomic mass is 35.5. The van der Waals surface area contributed by atoms with Gasteiger partial charge < -0.3 is 30.0 Å². The smallest absolute Gasteiger partial charge is 0.210 e. The molecule has 0 radical (unpaired) electrons. The summed E-state index contributed by atoms with van der Waals surface area (Å²) in [6, 6.07) is 61.4. The van der Waals surface area contributed by atoms with E-state index in [0.717, 1.165) is 91.6 Å². The van der Waals surface area contributed by atoms with Gasteiger partial charge in [0.25, 0.3) is 0 Å². The van der Waals surface area contributed by atoms with Gasteiger partial charge in [-0.2, -0.15) is 13.7 Å². The molecule has 3 heterocycles. The Morgan fingerprint density at radius 1 is 0.475 bits per heavy atom. The van der Waals surface area contributed by atoms with E-state index in [1.807, 2.05) is 48.6 Å². The molecule has 522 valence electrons. The van der Waals surface area contributed by atoms with Gasteiger partial charge in [-0.25, -0.2) is 0 Å². The van der Waals surface area contributed by atoms with Crippen molar-refractivity contribution in [1.82, 2.24) is 0 Å². The van der Waals surface area contributed by atoms with E-state index < -0.39 is 0 Å². The first-order valence-electron chi connectivity index (χ1n) is 36.2. The Hall–Kier alpha value is -9.70. The predicted octanol–water partition coefficient (Wildman–Crippen LogP) is 21.1. The molecule has 4 unspecified atom stereocenters. The third-order valence-electron chi connectivity index (χ3n) is 21.8. The number of hydrogen-bond donors (Lipinski definition) is 3. The summed E-state index contributed by atoms with van der Waals surface area (Å²) in [6.45, 7) is 35.8. The Balaban J connectivity index is 0.000000164. The van der Waals surface area contributed by atoms with Gasteiger partial charge in [0.2, 0.25) is 17.1 Å². The van der Waals surface area contributed by atoms with Crippen molar-refractivity contribution >= 4 is 103 Å². The lowest BCUT2D eigenvalue weighted by Crippen LogP contribution is -2.38. The van der Waals surface area contributed by atoms with Crippen molar-refractivity contribution in [2.45, 2.75) is 112 Å². The van der Waals surface area contributed by atoms with Crippen molar-refractivity contribution in [1.29, 1.82) is 0 Å². The van der Waals surface area contributed by atoms with E-state index in [9.17, 15) is 15.3 Å². The molecule has 0 saturated carbocycles. The van der Waals surface area contributed by atoms with Crippen molar-refractivity contribution in [3.05, 3.63) is 263 Å². The third kappa shape index (κ3) is 14.6. The summed E-state index contributed by atoms with van der Waals surface area (Å²) in [7, 11) is 6.41. The highest BCUT2D eigenvalue weighted by molar-refractivity contribution is 6.19. The van der Waals surface area contributed by atoms with E-state index in [1.165, 1.54) is 83.4 Å². The van der Waals surface area contributed by atoms with Crippen LogP contribution in [0.5, 0.6) is 17.2 Å². The number of hydrogen-bond acceptors (Lipinski definition) is 6. The fraction of sp³-hybridized carbons (Fsp3) is 0.308. The molecule has 0 aromatic heterocycles. The third-order valence-corrected chi connectivity index (χ3v) is 22.2. The lowest BCUT2D eigenvalue weighted by atomic mass is 9.70. The molecule has 12 rings (SSSR count). The Bertz CT molecular complexity index is 4760. The molecule has 9 aromatic carbocycles. The number of aryl methyl sites for hydroxylation is 1. The van der Waals surface area contributed by atoms with Gasteiger partial charge in [-0.1, -0.05) is 109 Å². The Labute approximate surface area is 607 Å². The molecule has 10 heteroatoms. The van der Waals surface area contributed by atoms with Crippen molar-refractivity contribution in [2.24, 2.45) is 5.92 Å². The summed E-state index contributed by atoms with van der Waals surface area (Å²) >= 11 is 6.36. The number of alkyl halides is 1. The van der Waals surface area contributed by atoms with Gasteiger partial charge in [0, 0.05) is 156 Å². The maximum atomic E-state index is 10.9. The molecule has 3 N–H and O–H groups in total. The zero-order chi connectivity index (χ0) is 72.5. The standard InChI is InChI=1S/C34H36N2O.C31H36N2O.C26H31ClN2O/c1-6-36(7-2)28-19-16-26(31(37)22-28)18-21-32-34(4,23-27-14-9-8-12-24(27)3)33-29-15-11-10-13-25(29)17-20-30(33)35(32)5;1-7-33(8-2)25-16-13-24(28(34)21-25)15-18-29-31(5,20-19-22(3)4)30-26-12-10-9-11-23(26)14-17-27(30)32(29)6;1-6-20(18-27)26(4)22-11-9-10-12-23(22)28(5)25(26)16-14-19-13-15-21(17-24(19)30)29(7-2)8-3/h8-22H,6-7,23H2,1-5H3;9-19,21H,7-8,20H2,1-6H3;6,9-17,20H,1,7-8,18H2,2-5H3/p+3. The fourth-order valence-electron chi connectivity index (χ4n) is 15.9. The minimum atomic E-state index is -0.290. The van der Waals surface area contributed by atoms with Gasteiger partial charge in [-0.3, -0.25) is 0 Å². The number of nitrogens with zero attached hydrogens (tertiary/aromatic N) is 6. The second-order valence-corrected chi connectivity index (χ2v) is 28.2. The number of fused-ring (bicyclic) bond motifs is 7. The van der Waals surface area contributed by atoms with Gasteiger partial charge in [0.05, 0.1) is 16.2 Å². The zero-order valence-electron chi connectivity index (χ0n) is 62.4. The molecule has 9 aromatic rings. The molecular formula is C91H106ClN6O3+3. The van der Waals surface area contributed by atoms with Crippen LogP contribution in [0.2, 0.25) is 0 Å². The minimum Gasteiger partial charge on any atom is -0.507 e. The van der Waals surface area contributed by atoms with E-state index >= 15 is 0 Å². The van der Waals surface area contributed by atoms with Crippen LogP contribution < -0.4 is 14.7 Å². The predicted molar refractivity (Wildman–Crippen MR) is 434 cm³/mol. The highest BCUT2D eigenvalue weighted by Gasteiger charge is 2.51. The van der Waals surface area contributed by atoms with Crippen LogP contribution in [0.3, 0.4) is 0 Å². The van der Waals surface area contributed by atoms with Gasteiger partial charge in [-0.05, 0) is 195 Å². The first kappa shape index (κ1) is 74.0. The molecular weight excluding hydrogens is 1260 g/mol. The van der Waals surface area contributed by atoms with Gasteiger partial charge in [0.15, 0.2) is 17.1 Å². The Kier molecular flexibility index (Phi) is 23.4. The summed E-state index contributed by atoms with van der Waals surface area (Å²) in [5.41, 5.74) is 20.2. The number of phenols is 3. The van der Waals surface area contributed by atoms with Crippen molar-refractivity contribution in [3.63, 3.8) is 0 Å². The number of para-hydroxylation sites is 1. The van der Waals surface area contributed by atoms with E-state index in [4.69, 9.17) is 11.6 Å². The number of benzene rings is 9. The zero-order valence-corrected chi connectivity index (χ0v) is 63.2. The van der Waals surface area contributed by atoms with Crippen LogP contribution in [0.4, 0.5) is 34.1 Å². The van der Waals surface area contributed by atoms with Gasteiger partial charge in [-0.15, -0.1) is 18.2 Å². The van der Waals surface area contributed by atoms with Crippen molar-refractivity contribution in [2.75, 3.05) is 81.0 Å². The molecule has 0 amide bonds. The molecule has 0 saturated heterocycles. The molecule has 0 fully saturated rings. The lowest BCUT2D eigenvalue weighted by molar-refractivity contribution is -0.401. The van der Waals surface area contributed by atoms with E-state index in [1.54, 1.807) is 0 Å². The number of allylic oxidation sites excluding steroid dienone is 6. The van der Waals surface area contributed by atoms with Crippen LogP contribution in [-0.2, 0) is 22.7 Å². The quantitative estimate of drug-likeness (QED) is 0.0356. The van der Waals surface area contributed by atoms with Crippen LogP contribution >= 0.6 is 11.6 Å².